The molecule has 1 aliphatic rings. The van der Waals surface area contributed by atoms with E-state index in [0.29, 0.717) is 10.7 Å². The number of hydrogen-bond acceptors (Lipinski definition) is 6. The smallest absolute Gasteiger partial charge is 0.224 e. The number of aromatic nitrogens is 4. The van der Waals surface area contributed by atoms with Gasteiger partial charge < -0.3 is 10.0 Å². The Morgan fingerprint density at radius 2 is 1.90 bits per heavy atom. The molecule has 4 rings (SSSR count). The number of aromatic hydroxyl groups is 1. The lowest BCUT2D eigenvalue weighted by atomic mass is 9.63. The molecule has 1 aliphatic carbocycles. The van der Waals surface area contributed by atoms with Crippen molar-refractivity contribution < 1.29 is 9.90 Å². The van der Waals surface area contributed by atoms with E-state index < -0.39 is 0 Å². The summed E-state index contributed by atoms with van der Waals surface area (Å²) in [6, 6.07) is 9.83. The van der Waals surface area contributed by atoms with Crippen molar-refractivity contribution in [2.75, 3.05) is 4.90 Å². The second-order valence-electron chi connectivity index (χ2n) is 10.1. The van der Waals surface area contributed by atoms with E-state index in [0.717, 1.165) is 35.4 Å². The van der Waals surface area contributed by atoms with Gasteiger partial charge in [-0.1, -0.05) is 39.8 Å². The Bertz CT molecular complexity index is 1070. The monoisotopic (exact) mass is 439 g/mol. The Morgan fingerprint density at radius 1 is 1.19 bits per heavy atom. The van der Waals surface area contributed by atoms with Crippen molar-refractivity contribution in [2.24, 2.45) is 10.8 Å². The number of H-pyrrole nitrogens is 1. The fraction of sp³-hybridized carbons (Fsp3) is 0.478. The van der Waals surface area contributed by atoms with Gasteiger partial charge in [0.15, 0.2) is 0 Å². The summed E-state index contributed by atoms with van der Waals surface area (Å²) in [6.07, 6.45) is 3.10. The number of rotatable bonds is 4. The maximum atomic E-state index is 12.8. The Balaban J connectivity index is 1.69. The normalized spacial score (nSPS) is 18.1. The van der Waals surface area contributed by atoms with Crippen LogP contribution in [0.1, 0.15) is 53.9 Å². The molecule has 0 unspecified atom stereocenters. The molecule has 0 bridgehead atoms. The van der Waals surface area contributed by atoms with E-state index in [1.165, 1.54) is 11.3 Å². The van der Waals surface area contributed by atoms with E-state index in [4.69, 9.17) is 0 Å². The molecule has 0 aliphatic heterocycles. The highest BCUT2D eigenvalue weighted by atomic mass is 32.1. The summed E-state index contributed by atoms with van der Waals surface area (Å²) in [4.78, 5) is 16.2. The Morgan fingerprint density at radius 3 is 2.52 bits per heavy atom. The zero-order valence-corrected chi connectivity index (χ0v) is 19.5. The number of tetrazole rings is 1. The third-order valence-corrected chi connectivity index (χ3v) is 7.08. The van der Waals surface area contributed by atoms with Crippen LogP contribution in [-0.4, -0.2) is 37.7 Å². The molecule has 1 amide bonds. The lowest BCUT2D eigenvalue weighted by Crippen LogP contribution is -2.48. The van der Waals surface area contributed by atoms with Gasteiger partial charge in [-0.15, -0.1) is 21.5 Å². The van der Waals surface area contributed by atoms with E-state index >= 15 is 0 Å². The fourth-order valence-corrected chi connectivity index (χ4v) is 6.35. The first kappa shape index (κ1) is 21.5. The molecule has 0 spiro atoms. The second kappa shape index (κ2) is 7.75. The minimum atomic E-state index is 0.0529. The molecule has 2 aromatic heterocycles. The molecular formula is C23H29N5O2S. The highest BCUT2D eigenvalue weighted by Gasteiger charge is 2.41. The molecule has 0 atom stereocenters. The Hall–Kier alpha value is -2.74. The number of benzene rings is 1. The Kier molecular flexibility index (Phi) is 5.37. The molecule has 2 heterocycles. The SMILES string of the molecule is CC(=O)N(c1cccc(-c2cc(O)c(-c3nn[nH]n3)s2)c1)C1CC(C)(C)CC(C)(C)C1. The van der Waals surface area contributed by atoms with Gasteiger partial charge in [0.2, 0.25) is 11.7 Å². The number of nitrogens with zero attached hydrogens (tertiary/aromatic N) is 4. The van der Waals surface area contributed by atoms with Crippen LogP contribution in [0.5, 0.6) is 5.75 Å². The van der Waals surface area contributed by atoms with Gasteiger partial charge >= 0.3 is 0 Å². The summed E-state index contributed by atoms with van der Waals surface area (Å²) in [7, 11) is 0. The topological polar surface area (TPSA) is 95.0 Å². The molecule has 7 nitrogen and oxygen atoms in total. The third kappa shape index (κ3) is 4.49. The van der Waals surface area contributed by atoms with E-state index in [-0.39, 0.29) is 28.5 Å². The summed E-state index contributed by atoms with van der Waals surface area (Å²) in [5.74, 6) is 0.533. The molecule has 0 saturated heterocycles. The number of carbonyl (C=O) groups is 1. The van der Waals surface area contributed by atoms with Gasteiger partial charge in [0.25, 0.3) is 0 Å². The minimum absolute atomic E-state index is 0.0529. The highest BCUT2D eigenvalue weighted by molar-refractivity contribution is 7.19. The van der Waals surface area contributed by atoms with Crippen molar-refractivity contribution in [1.82, 2.24) is 20.6 Å². The van der Waals surface area contributed by atoms with Crippen LogP contribution in [-0.2, 0) is 4.79 Å². The van der Waals surface area contributed by atoms with Crippen LogP contribution >= 0.6 is 11.3 Å². The maximum Gasteiger partial charge on any atom is 0.224 e. The molecule has 164 valence electrons. The fourth-order valence-electron chi connectivity index (χ4n) is 5.37. The zero-order valence-electron chi connectivity index (χ0n) is 18.6. The number of aromatic amines is 1. The van der Waals surface area contributed by atoms with Gasteiger partial charge in [0, 0.05) is 23.5 Å². The van der Waals surface area contributed by atoms with Crippen molar-refractivity contribution in [3.8, 4) is 26.9 Å². The van der Waals surface area contributed by atoms with Crippen molar-refractivity contribution in [2.45, 2.75) is 59.9 Å². The summed E-state index contributed by atoms with van der Waals surface area (Å²) in [6.45, 7) is 10.8. The number of anilines is 1. The number of carbonyl (C=O) groups excluding carboxylic acids is 1. The number of hydrogen-bond donors (Lipinski definition) is 2. The predicted molar refractivity (Wildman–Crippen MR) is 123 cm³/mol. The largest absolute Gasteiger partial charge is 0.506 e. The van der Waals surface area contributed by atoms with Crippen molar-refractivity contribution in [3.63, 3.8) is 0 Å². The Labute approximate surface area is 186 Å². The summed E-state index contributed by atoms with van der Waals surface area (Å²) < 4.78 is 0. The third-order valence-electron chi connectivity index (χ3n) is 5.91. The van der Waals surface area contributed by atoms with Gasteiger partial charge in [-0.05, 0) is 59.1 Å². The zero-order chi connectivity index (χ0) is 22.4. The van der Waals surface area contributed by atoms with Crippen LogP contribution < -0.4 is 4.90 Å². The van der Waals surface area contributed by atoms with E-state index in [1.54, 1.807) is 13.0 Å². The molecule has 0 radical (unpaired) electrons. The highest BCUT2D eigenvalue weighted by Crippen LogP contribution is 2.48. The quantitative estimate of drug-likeness (QED) is 0.578. The average Bonchev–Trinajstić information content (AvgIpc) is 3.28. The lowest BCUT2D eigenvalue weighted by molar-refractivity contribution is -0.117. The summed E-state index contributed by atoms with van der Waals surface area (Å²) in [5, 5.41) is 24.3. The van der Waals surface area contributed by atoms with Gasteiger partial charge in [-0.2, -0.15) is 5.21 Å². The standard InChI is InChI=1S/C23H29N5O2S/c1-14(29)28(17-11-22(2,3)13-23(4,5)12-17)16-8-6-7-15(9-16)19-10-18(30)20(31-19)21-24-26-27-25-21/h6-10,17,30H,11-13H2,1-5H3,(H,24,25,26,27). The first-order valence-electron chi connectivity index (χ1n) is 10.5. The first-order valence-corrected chi connectivity index (χ1v) is 11.3. The predicted octanol–water partition coefficient (Wildman–Crippen LogP) is 5.26. The summed E-state index contributed by atoms with van der Waals surface area (Å²) in [5.41, 5.74) is 2.18. The van der Waals surface area contributed by atoms with Gasteiger partial charge in [-0.25, -0.2) is 0 Å². The molecular weight excluding hydrogens is 410 g/mol. The van der Waals surface area contributed by atoms with Crippen molar-refractivity contribution in [3.05, 3.63) is 30.3 Å². The molecule has 31 heavy (non-hydrogen) atoms. The van der Waals surface area contributed by atoms with Gasteiger partial charge in [-0.3, -0.25) is 4.79 Å². The van der Waals surface area contributed by atoms with Crippen molar-refractivity contribution >= 4 is 22.9 Å². The lowest BCUT2D eigenvalue weighted by Gasteiger charge is -2.48. The first-order chi connectivity index (χ1) is 14.5. The van der Waals surface area contributed by atoms with Crippen LogP contribution in [0, 0.1) is 10.8 Å². The molecule has 1 fully saturated rings. The van der Waals surface area contributed by atoms with Crippen LogP contribution in [0.15, 0.2) is 30.3 Å². The summed E-state index contributed by atoms with van der Waals surface area (Å²) >= 11 is 1.40. The number of thiophene rings is 1. The molecule has 3 aromatic rings. The molecule has 1 aromatic carbocycles. The molecule has 1 saturated carbocycles. The number of amides is 1. The van der Waals surface area contributed by atoms with Crippen LogP contribution in [0.2, 0.25) is 0 Å². The maximum absolute atomic E-state index is 12.8. The molecule has 8 heteroatoms. The van der Waals surface area contributed by atoms with E-state index in [2.05, 4.69) is 48.3 Å². The van der Waals surface area contributed by atoms with Crippen LogP contribution in [0.25, 0.3) is 21.1 Å². The average molecular weight is 440 g/mol. The minimum Gasteiger partial charge on any atom is -0.506 e. The van der Waals surface area contributed by atoms with Gasteiger partial charge in [0.1, 0.15) is 10.6 Å². The van der Waals surface area contributed by atoms with Crippen molar-refractivity contribution in [1.29, 1.82) is 0 Å². The second-order valence-corrected chi connectivity index (χ2v) is 11.1. The molecule has 2 N–H and O–H groups in total. The van der Waals surface area contributed by atoms with Crippen LogP contribution in [0.4, 0.5) is 5.69 Å². The van der Waals surface area contributed by atoms with Crippen LogP contribution in [0.3, 0.4) is 0 Å². The van der Waals surface area contributed by atoms with E-state index in [9.17, 15) is 9.90 Å². The number of nitrogens with one attached hydrogen (secondary N) is 1. The van der Waals surface area contributed by atoms with Gasteiger partial charge in [0.05, 0.1) is 0 Å². The van der Waals surface area contributed by atoms with E-state index in [1.807, 2.05) is 29.2 Å².